The molecule has 3 heteroatoms. The van der Waals surface area contributed by atoms with Gasteiger partial charge in [0.15, 0.2) is 0 Å². The highest BCUT2D eigenvalue weighted by Crippen LogP contribution is 2.35. The first-order valence-corrected chi connectivity index (χ1v) is 5.95. The van der Waals surface area contributed by atoms with Gasteiger partial charge in [0.2, 0.25) is 0 Å². The largest absolute Gasteiger partial charge is 0.373 e. The lowest BCUT2D eigenvalue weighted by atomic mass is 9.89. The predicted octanol–water partition coefficient (Wildman–Crippen LogP) is 2.05. The molecule has 0 amide bonds. The van der Waals surface area contributed by atoms with Gasteiger partial charge in [-0.1, -0.05) is 6.07 Å². The normalized spacial score (nSPS) is 29.1. The molecule has 1 aromatic carbocycles. The van der Waals surface area contributed by atoms with E-state index in [1.54, 1.807) is 12.1 Å². The molecule has 16 heavy (non-hydrogen) atoms. The molecule has 2 aliphatic heterocycles. The lowest BCUT2D eigenvalue weighted by molar-refractivity contribution is 0.00656. The summed E-state index contributed by atoms with van der Waals surface area (Å²) in [4.78, 5) is 0. The summed E-state index contributed by atoms with van der Waals surface area (Å²) in [5.41, 5.74) is 2.32. The minimum atomic E-state index is -0.135. The van der Waals surface area contributed by atoms with E-state index < -0.39 is 0 Å². The molecule has 2 heterocycles. The number of halogens is 1. The second kappa shape index (κ2) is 4.15. The smallest absolute Gasteiger partial charge is 0.123 e. The first-order valence-electron chi connectivity index (χ1n) is 5.95. The lowest BCUT2D eigenvalue weighted by Crippen LogP contribution is -2.25. The second-order valence-corrected chi connectivity index (χ2v) is 4.64. The van der Waals surface area contributed by atoms with Crippen LogP contribution >= 0.6 is 0 Å². The van der Waals surface area contributed by atoms with E-state index in [1.807, 2.05) is 6.07 Å². The molecular weight excluding hydrogens is 205 g/mol. The quantitative estimate of drug-likeness (QED) is 0.783. The highest BCUT2D eigenvalue weighted by molar-refractivity contribution is 5.32. The molecule has 0 aliphatic carbocycles. The Kier molecular flexibility index (Phi) is 2.65. The maximum Gasteiger partial charge on any atom is 0.123 e. The van der Waals surface area contributed by atoms with Gasteiger partial charge in [-0.3, -0.25) is 0 Å². The monoisotopic (exact) mass is 221 g/mol. The van der Waals surface area contributed by atoms with E-state index in [1.165, 1.54) is 5.56 Å². The number of benzene rings is 1. The molecule has 0 bridgehead atoms. The third-order valence-corrected chi connectivity index (χ3v) is 3.61. The molecule has 1 N–H and O–H groups in total. The Morgan fingerprint density at radius 2 is 2.31 bits per heavy atom. The molecule has 3 rings (SSSR count). The van der Waals surface area contributed by atoms with Crippen molar-refractivity contribution >= 4 is 0 Å². The molecule has 2 aliphatic rings. The third kappa shape index (κ3) is 1.74. The molecule has 1 saturated heterocycles. The van der Waals surface area contributed by atoms with Gasteiger partial charge in [-0.2, -0.15) is 0 Å². The van der Waals surface area contributed by atoms with Crippen LogP contribution in [0.5, 0.6) is 0 Å². The standard InChI is InChI=1S/C13H16FNO/c14-11-1-2-12-9(7-11)4-6-16-13(12)10-3-5-15-8-10/h1-2,7,10,13,15H,3-6,8H2/t10-,13-/m0/s1. The zero-order valence-corrected chi connectivity index (χ0v) is 9.21. The zero-order chi connectivity index (χ0) is 11.0. The van der Waals surface area contributed by atoms with Crippen molar-refractivity contribution in [2.24, 2.45) is 5.92 Å². The molecular formula is C13H16FNO. The number of ether oxygens (including phenoxy) is 1. The van der Waals surface area contributed by atoms with Crippen LogP contribution in [0, 0.1) is 11.7 Å². The van der Waals surface area contributed by atoms with Crippen molar-refractivity contribution in [3.8, 4) is 0 Å². The highest BCUT2D eigenvalue weighted by Gasteiger charge is 2.30. The van der Waals surface area contributed by atoms with Gasteiger partial charge in [-0.25, -0.2) is 4.39 Å². The summed E-state index contributed by atoms with van der Waals surface area (Å²) in [5, 5.41) is 3.36. The van der Waals surface area contributed by atoms with Crippen molar-refractivity contribution in [3.63, 3.8) is 0 Å². The Morgan fingerprint density at radius 3 is 3.12 bits per heavy atom. The fourth-order valence-electron chi connectivity index (χ4n) is 2.78. The Bertz CT molecular complexity index is 388. The minimum Gasteiger partial charge on any atom is -0.373 e. The molecule has 0 radical (unpaired) electrons. The fourth-order valence-corrected chi connectivity index (χ4v) is 2.78. The van der Waals surface area contributed by atoms with E-state index in [2.05, 4.69) is 5.32 Å². The van der Waals surface area contributed by atoms with Crippen molar-refractivity contribution < 1.29 is 9.13 Å². The van der Waals surface area contributed by atoms with E-state index in [9.17, 15) is 4.39 Å². The molecule has 2 atom stereocenters. The number of nitrogens with one attached hydrogen (secondary N) is 1. The molecule has 0 spiro atoms. The maximum absolute atomic E-state index is 13.1. The maximum atomic E-state index is 13.1. The summed E-state index contributed by atoms with van der Waals surface area (Å²) in [6.45, 7) is 2.81. The van der Waals surface area contributed by atoms with Crippen molar-refractivity contribution in [2.45, 2.75) is 18.9 Å². The van der Waals surface area contributed by atoms with Crippen LogP contribution in [-0.4, -0.2) is 19.7 Å². The number of fused-ring (bicyclic) bond motifs is 1. The van der Waals surface area contributed by atoms with Crippen molar-refractivity contribution in [2.75, 3.05) is 19.7 Å². The first-order chi connectivity index (χ1) is 7.84. The van der Waals surface area contributed by atoms with Gasteiger partial charge in [0.1, 0.15) is 5.82 Å². The van der Waals surface area contributed by atoms with Crippen LogP contribution in [0.3, 0.4) is 0 Å². The Labute approximate surface area is 94.8 Å². The summed E-state index contributed by atoms with van der Waals surface area (Å²) in [5.74, 6) is 0.411. The fraction of sp³-hybridized carbons (Fsp3) is 0.538. The van der Waals surface area contributed by atoms with E-state index in [-0.39, 0.29) is 11.9 Å². The van der Waals surface area contributed by atoms with Crippen LogP contribution in [0.4, 0.5) is 4.39 Å². The van der Waals surface area contributed by atoms with Gasteiger partial charge in [0, 0.05) is 12.5 Å². The molecule has 0 unspecified atom stereocenters. The van der Waals surface area contributed by atoms with Crippen LogP contribution in [0.2, 0.25) is 0 Å². The van der Waals surface area contributed by atoms with Crippen LogP contribution < -0.4 is 5.32 Å². The van der Waals surface area contributed by atoms with Crippen molar-refractivity contribution in [1.29, 1.82) is 0 Å². The van der Waals surface area contributed by atoms with Crippen LogP contribution in [0.1, 0.15) is 23.7 Å². The third-order valence-electron chi connectivity index (χ3n) is 3.61. The van der Waals surface area contributed by atoms with Crippen molar-refractivity contribution in [1.82, 2.24) is 5.32 Å². The Balaban J connectivity index is 1.93. The zero-order valence-electron chi connectivity index (χ0n) is 9.21. The van der Waals surface area contributed by atoms with Gasteiger partial charge < -0.3 is 10.1 Å². The van der Waals surface area contributed by atoms with Crippen LogP contribution in [0.25, 0.3) is 0 Å². The van der Waals surface area contributed by atoms with Gasteiger partial charge in [-0.05, 0) is 42.6 Å². The first kappa shape index (κ1) is 10.2. The number of rotatable bonds is 1. The van der Waals surface area contributed by atoms with Crippen LogP contribution in [-0.2, 0) is 11.2 Å². The van der Waals surface area contributed by atoms with Crippen molar-refractivity contribution in [3.05, 3.63) is 35.1 Å². The average molecular weight is 221 g/mol. The Hall–Kier alpha value is -0.930. The molecule has 1 fully saturated rings. The predicted molar refractivity (Wildman–Crippen MR) is 59.8 cm³/mol. The summed E-state index contributed by atoms with van der Waals surface area (Å²) in [6, 6.07) is 5.10. The lowest BCUT2D eigenvalue weighted by Gasteiger charge is -2.30. The van der Waals surface area contributed by atoms with E-state index in [4.69, 9.17) is 4.74 Å². The number of hydrogen-bond donors (Lipinski definition) is 1. The topological polar surface area (TPSA) is 21.3 Å². The van der Waals surface area contributed by atoms with Gasteiger partial charge in [-0.15, -0.1) is 0 Å². The van der Waals surface area contributed by atoms with Gasteiger partial charge in [0.25, 0.3) is 0 Å². The highest BCUT2D eigenvalue weighted by atomic mass is 19.1. The summed E-state index contributed by atoms with van der Waals surface area (Å²) in [6.07, 6.45) is 2.16. The minimum absolute atomic E-state index is 0.135. The summed E-state index contributed by atoms with van der Waals surface area (Å²) >= 11 is 0. The summed E-state index contributed by atoms with van der Waals surface area (Å²) < 4.78 is 19.0. The molecule has 2 nitrogen and oxygen atoms in total. The molecule has 0 saturated carbocycles. The van der Waals surface area contributed by atoms with Crippen LogP contribution in [0.15, 0.2) is 18.2 Å². The van der Waals surface area contributed by atoms with E-state index in [0.29, 0.717) is 5.92 Å². The molecule has 0 aromatic heterocycles. The van der Waals surface area contributed by atoms with Gasteiger partial charge in [0.05, 0.1) is 12.7 Å². The number of hydrogen-bond acceptors (Lipinski definition) is 2. The molecule has 86 valence electrons. The van der Waals surface area contributed by atoms with E-state index in [0.717, 1.165) is 38.1 Å². The van der Waals surface area contributed by atoms with Gasteiger partial charge >= 0.3 is 0 Å². The Morgan fingerprint density at radius 1 is 1.38 bits per heavy atom. The molecule has 1 aromatic rings. The second-order valence-electron chi connectivity index (χ2n) is 4.64. The average Bonchev–Trinajstić information content (AvgIpc) is 2.81. The summed E-state index contributed by atoms with van der Waals surface area (Å²) in [7, 11) is 0. The van der Waals surface area contributed by atoms with E-state index >= 15 is 0 Å². The SMILES string of the molecule is Fc1ccc2c(c1)CCO[C@H]2[C@H]1CCNC1.